The Bertz CT molecular complexity index is 671. The zero-order valence-corrected chi connectivity index (χ0v) is 11.6. The fraction of sp³-hybridized carbons (Fsp3) is 0.200. The van der Waals surface area contributed by atoms with Crippen LogP contribution in [0, 0.1) is 0 Å². The molecule has 2 rings (SSSR count). The van der Waals surface area contributed by atoms with Gasteiger partial charge in [-0.2, -0.15) is 0 Å². The van der Waals surface area contributed by atoms with E-state index in [1.807, 2.05) is 0 Å². The van der Waals surface area contributed by atoms with Gasteiger partial charge in [0.15, 0.2) is 6.10 Å². The lowest BCUT2D eigenvalue weighted by Gasteiger charge is -2.16. The zero-order valence-electron chi connectivity index (χ0n) is 11.6. The molecule has 0 spiro atoms. The quantitative estimate of drug-likeness (QED) is 0.711. The first-order valence-corrected chi connectivity index (χ1v) is 6.31. The molecule has 0 saturated carbocycles. The molecule has 2 atom stereocenters. The van der Waals surface area contributed by atoms with Crippen molar-refractivity contribution in [1.82, 2.24) is 0 Å². The fourth-order valence-electron chi connectivity index (χ4n) is 1.88. The lowest BCUT2D eigenvalue weighted by molar-refractivity contribution is -0.156. The molecule has 0 fully saturated rings. The minimum atomic E-state index is -1.68. The number of aliphatic hydroxyl groups is 2. The second-order valence-corrected chi connectivity index (χ2v) is 4.50. The molecular formula is C15H14O7. The summed E-state index contributed by atoms with van der Waals surface area (Å²) < 4.78 is 9.50. The van der Waals surface area contributed by atoms with E-state index in [2.05, 4.69) is 4.74 Å². The van der Waals surface area contributed by atoms with Gasteiger partial charge in [0, 0.05) is 5.56 Å². The van der Waals surface area contributed by atoms with Crippen molar-refractivity contribution < 1.29 is 34.1 Å². The van der Waals surface area contributed by atoms with Gasteiger partial charge in [0.1, 0.15) is 11.9 Å². The minimum Gasteiger partial charge on any atom is -0.475 e. The van der Waals surface area contributed by atoms with E-state index in [4.69, 9.17) is 9.52 Å². The predicted molar refractivity (Wildman–Crippen MR) is 74.1 cm³/mol. The highest BCUT2D eigenvalue weighted by molar-refractivity contribution is 5.85. The number of aromatic carboxylic acids is 1. The van der Waals surface area contributed by atoms with Gasteiger partial charge in [0.05, 0.1) is 7.11 Å². The maximum Gasteiger partial charge on any atom is 0.371 e. The summed E-state index contributed by atoms with van der Waals surface area (Å²) in [6.45, 7) is 0. The van der Waals surface area contributed by atoms with Gasteiger partial charge in [-0.15, -0.1) is 0 Å². The maximum absolute atomic E-state index is 11.2. The number of hydrogen-bond acceptors (Lipinski definition) is 6. The van der Waals surface area contributed by atoms with Gasteiger partial charge in [0.25, 0.3) is 0 Å². The van der Waals surface area contributed by atoms with E-state index in [-0.39, 0.29) is 5.76 Å². The van der Waals surface area contributed by atoms with Crippen molar-refractivity contribution in [2.75, 3.05) is 7.11 Å². The van der Waals surface area contributed by atoms with E-state index in [0.717, 1.165) is 7.11 Å². The van der Waals surface area contributed by atoms with E-state index in [1.165, 1.54) is 24.3 Å². The van der Waals surface area contributed by atoms with Gasteiger partial charge in [0.2, 0.25) is 5.76 Å². The molecule has 0 aliphatic heterocycles. The van der Waals surface area contributed by atoms with Crippen molar-refractivity contribution in [3.8, 4) is 11.3 Å². The van der Waals surface area contributed by atoms with Gasteiger partial charge >= 0.3 is 11.9 Å². The third-order valence-electron chi connectivity index (χ3n) is 3.10. The Hall–Kier alpha value is -2.64. The molecule has 0 amide bonds. The summed E-state index contributed by atoms with van der Waals surface area (Å²) in [6.07, 6.45) is -3.11. The number of carboxylic acids is 1. The number of esters is 1. The third-order valence-corrected chi connectivity index (χ3v) is 3.10. The van der Waals surface area contributed by atoms with Crippen LogP contribution < -0.4 is 0 Å². The Morgan fingerprint density at radius 3 is 2.23 bits per heavy atom. The molecule has 0 bridgehead atoms. The number of furan rings is 1. The Morgan fingerprint density at radius 1 is 1.09 bits per heavy atom. The topological polar surface area (TPSA) is 117 Å². The van der Waals surface area contributed by atoms with Crippen molar-refractivity contribution in [1.29, 1.82) is 0 Å². The molecule has 1 heterocycles. The molecule has 7 nitrogen and oxygen atoms in total. The number of aliphatic hydroxyl groups excluding tert-OH is 2. The highest BCUT2D eigenvalue weighted by Gasteiger charge is 2.26. The number of carbonyl (C=O) groups is 2. The van der Waals surface area contributed by atoms with E-state index in [0.29, 0.717) is 16.9 Å². The van der Waals surface area contributed by atoms with Crippen LogP contribution >= 0.6 is 0 Å². The third kappa shape index (κ3) is 3.16. The van der Waals surface area contributed by atoms with Crippen molar-refractivity contribution >= 4 is 11.9 Å². The van der Waals surface area contributed by atoms with Crippen LogP contribution in [-0.4, -0.2) is 40.5 Å². The number of benzene rings is 1. The fourth-order valence-corrected chi connectivity index (χ4v) is 1.88. The van der Waals surface area contributed by atoms with Crippen LogP contribution in [-0.2, 0) is 9.53 Å². The van der Waals surface area contributed by atoms with E-state index in [1.54, 1.807) is 12.1 Å². The van der Waals surface area contributed by atoms with Crippen LogP contribution in [0.2, 0.25) is 0 Å². The minimum absolute atomic E-state index is 0.180. The van der Waals surface area contributed by atoms with Gasteiger partial charge in [-0.3, -0.25) is 0 Å². The summed E-state index contributed by atoms with van der Waals surface area (Å²) in [5.74, 6) is -1.93. The molecule has 2 aromatic rings. The van der Waals surface area contributed by atoms with Crippen LogP contribution in [0.4, 0.5) is 0 Å². The first-order chi connectivity index (χ1) is 10.4. The first kappa shape index (κ1) is 15.7. The van der Waals surface area contributed by atoms with Crippen LogP contribution in [0.5, 0.6) is 0 Å². The first-order valence-electron chi connectivity index (χ1n) is 6.31. The number of methoxy groups -OCH3 is 1. The molecule has 22 heavy (non-hydrogen) atoms. The Morgan fingerprint density at radius 2 is 1.73 bits per heavy atom. The number of rotatable bonds is 5. The van der Waals surface area contributed by atoms with Gasteiger partial charge in [-0.25, -0.2) is 9.59 Å². The summed E-state index contributed by atoms with van der Waals surface area (Å²) in [4.78, 5) is 21.9. The van der Waals surface area contributed by atoms with E-state index in [9.17, 15) is 19.8 Å². The van der Waals surface area contributed by atoms with Crippen molar-refractivity contribution in [3.05, 3.63) is 47.7 Å². The van der Waals surface area contributed by atoms with Crippen LogP contribution in [0.15, 0.2) is 40.8 Å². The predicted octanol–water partition coefficient (Wildman–Crippen LogP) is 1.21. The van der Waals surface area contributed by atoms with Crippen LogP contribution in [0.3, 0.4) is 0 Å². The monoisotopic (exact) mass is 306 g/mol. The highest BCUT2D eigenvalue weighted by atomic mass is 16.5. The summed E-state index contributed by atoms with van der Waals surface area (Å²) >= 11 is 0. The molecule has 1 aromatic carbocycles. The number of carboxylic acid groups (broad SMARTS) is 1. The van der Waals surface area contributed by atoms with Gasteiger partial charge in [-0.1, -0.05) is 24.3 Å². The molecule has 7 heteroatoms. The molecule has 0 aliphatic rings. The Kier molecular flexibility index (Phi) is 4.59. The van der Waals surface area contributed by atoms with E-state index >= 15 is 0 Å². The molecule has 2 unspecified atom stereocenters. The zero-order chi connectivity index (χ0) is 16.3. The average molecular weight is 306 g/mol. The molecule has 1 aromatic heterocycles. The van der Waals surface area contributed by atoms with Crippen LogP contribution in [0.1, 0.15) is 22.2 Å². The summed E-state index contributed by atoms with van der Waals surface area (Å²) in [5, 5.41) is 28.3. The Labute approximate surface area is 125 Å². The molecule has 0 aliphatic carbocycles. The average Bonchev–Trinajstić information content (AvgIpc) is 3.03. The van der Waals surface area contributed by atoms with Crippen molar-refractivity contribution in [2.24, 2.45) is 0 Å². The summed E-state index contributed by atoms with van der Waals surface area (Å²) in [6, 6.07) is 8.99. The smallest absolute Gasteiger partial charge is 0.371 e. The molecule has 0 radical (unpaired) electrons. The second kappa shape index (κ2) is 6.42. The number of carbonyl (C=O) groups excluding carboxylic acids is 1. The number of hydrogen-bond donors (Lipinski definition) is 3. The van der Waals surface area contributed by atoms with Crippen LogP contribution in [0.25, 0.3) is 11.3 Å². The van der Waals surface area contributed by atoms with Gasteiger partial charge < -0.3 is 24.5 Å². The highest BCUT2D eigenvalue weighted by Crippen LogP contribution is 2.25. The molecule has 0 saturated heterocycles. The molecule has 3 N–H and O–H groups in total. The molecular weight excluding hydrogens is 292 g/mol. The van der Waals surface area contributed by atoms with E-state index < -0.39 is 24.1 Å². The maximum atomic E-state index is 11.2. The summed E-state index contributed by atoms with van der Waals surface area (Å²) in [7, 11) is 1.11. The standard InChI is InChI=1S/C15H14O7/c1-21-15(20)13(17)12(16)9-4-2-8(3-5-9)10-6-7-11(22-10)14(18)19/h2-7,12-13,16-17H,1H3,(H,18,19). The van der Waals surface area contributed by atoms with Gasteiger partial charge in [-0.05, 0) is 17.7 Å². The lowest BCUT2D eigenvalue weighted by atomic mass is 10.0. The molecule has 116 valence electrons. The Balaban J connectivity index is 2.19. The van der Waals surface area contributed by atoms with Crippen molar-refractivity contribution in [3.63, 3.8) is 0 Å². The normalized spacial score (nSPS) is 13.4. The summed E-state index contributed by atoms with van der Waals surface area (Å²) in [5.41, 5.74) is 0.905. The SMILES string of the molecule is COC(=O)C(O)C(O)c1ccc(-c2ccc(C(=O)O)o2)cc1. The van der Waals surface area contributed by atoms with Crippen molar-refractivity contribution in [2.45, 2.75) is 12.2 Å². The lowest BCUT2D eigenvalue weighted by Crippen LogP contribution is -2.28. The number of ether oxygens (including phenoxy) is 1. The largest absolute Gasteiger partial charge is 0.475 e. The second-order valence-electron chi connectivity index (χ2n) is 4.50.